The standard InChI is InChI=1S/C14H18BrFO2/c1-5-18-13(17)14(4,9(2)3)11-7-6-10(15)8-12(11)16/h6-9H,5H2,1-4H3. The first-order valence-corrected chi connectivity index (χ1v) is 6.76. The number of ether oxygens (including phenoxy) is 1. The lowest BCUT2D eigenvalue weighted by atomic mass is 9.73. The van der Waals surface area contributed by atoms with Gasteiger partial charge in [-0.15, -0.1) is 0 Å². The molecule has 100 valence electrons. The van der Waals surface area contributed by atoms with Crippen molar-refractivity contribution in [3.05, 3.63) is 34.1 Å². The summed E-state index contributed by atoms with van der Waals surface area (Å²) in [5.74, 6) is -0.845. The van der Waals surface area contributed by atoms with Gasteiger partial charge in [0.15, 0.2) is 0 Å². The van der Waals surface area contributed by atoms with Gasteiger partial charge in [-0.05, 0) is 31.9 Å². The van der Waals surface area contributed by atoms with Crippen LogP contribution in [0.15, 0.2) is 22.7 Å². The van der Waals surface area contributed by atoms with E-state index < -0.39 is 11.2 Å². The maximum absolute atomic E-state index is 14.1. The molecule has 0 saturated carbocycles. The van der Waals surface area contributed by atoms with E-state index in [9.17, 15) is 9.18 Å². The van der Waals surface area contributed by atoms with Crippen LogP contribution in [0.2, 0.25) is 0 Å². The Labute approximate surface area is 116 Å². The van der Waals surface area contributed by atoms with Gasteiger partial charge >= 0.3 is 5.97 Å². The summed E-state index contributed by atoms with van der Waals surface area (Å²) in [7, 11) is 0. The van der Waals surface area contributed by atoms with Crippen LogP contribution in [0.25, 0.3) is 0 Å². The molecule has 1 atom stereocenters. The summed E-state index contributed by atoms with van der Waals surface area (Å²) >= 11 is 3.21. The third-order valence-corrected chi connectivity index (χ3v) is 3.84. The number of hydrogen-bond donors (Lipinski definition) is 0. The molecule has 1 aromatic carbocycles. The largest absolute Gasteiger partial charge is 0.465 e. The highest BCUT2D eigenvalue weighted by atomic mass is 79.9. The molecule has 1 aromatic rings. The van der Waals surface area contributed by atoms with Crippen molar-refractivity contribution in [3.8, 4) is 0 Å². The summed E-state index contributed by atoms with van der Waals surface area (Å²) in [6.07, 6.45) is 0. The average Bonchev–Trinajstić information content (AvgIpc) is 2.28. The van der Waals surface area contributed by atoms with E-state index in [1.807, 2.05) is 13.8 Å². The van der Waals surface area contributed by atoms with Gasteiger partial charge in [0, 0.05) is 10.0 Å². The SMILES string of the molecule is CCOC(=O)C(C)(c1ccc(Br)cc1F)C(C)C. The second-order valence-electron chi connectivity index (χ2n) is 4.70. The van der Waals surface area contributed by atoms with Crippen LogP contribution in [0.5, 0.6) is 0 Å². The number of carbonyl (C=O) groups is 1. The lowest BCUT2D eigenvalue weighted by Crippen LogP contribution is -2.40. The normalized spacial score (nSPS) is 14.4. The van der Waals surface area contributed by atoms with Gasteiger partial charge in [0.2, 0.25) is 0 Å². The summed E-state index contributed by atoms with van der Waals surface area (Å²) in [5, 5.41) is 0. The molecular weight excluding hydrogens is 299 g/mol. The van der Waals surface area contributed by atoms with E-state index in [0.717, 1.165) is 0 Å². The zero-order valence-electron chi connectivity index (χ0n) is 11.1. The van der Waals surface area contributed by atoms with Crippen molar-refractivity contribution in [1.29, 1.82) is 0 Å². The quantitative estimate of drug-likeness (QED) is 0.783. The van der Waals surface area contributed by atoms with E-state index >= 15 is 0 Å². The first-order valence-electron chi connectivity index (χ1n) is 5.96. The molecule has 0 radical (unpaired) electrons. The number of rotatable bonds is 4. The Morgan fingerprint density at radius 1 is 1.50 bits per heavy atom. The number of halogens is 2. The van der Waals surface area contributed by atoms with Gasteiger partial charge in [0.25, 0.3) is 0 Å². The van der Waals surface area contributed by atoms with Gasteiger partial charge in [0.05, 0.1) is 12.0 Å². The third-order valence-electron chi connectivity index (χ3n) is 3.34. The van der Waals surface area contributed by atoms with E-state index in [-0.39, 0.29) is 11.9 Å². The highest BCUT2D eigenvalue weighted by molar-refractivity contribution is 9.10. The van der Waals surface area contributed by atoms with E-state index in [2.05, 4.69) is 15.9 Å². The van der Waals surface area contributed by atoms with Crippen LogP contribution < -0.4 is 0 Å². The van der Waals surface area contributed by atoms with Crippen molar-refractivity contribution in [2.75, 3.05) is 6.61 Å². The molecular formula is C14H18BrFO2. The maximum atomic E-state index is 14.1. The Bertz CT molecular complexity index is 445. The smallest absolute Gasteiger partial charge is 0.316 e. The average molecular weight is 317 g/mol. The third kappa shape index (κ3) is 2.74. The van der Waals surface area contributed by atoms with Crippen LogP contribution in [-0.2, 0) is 14.9 Å². The molecule has 0 fully saturated rings. The highest BCUT2D eigenvalue weighted by Crippen LogP contribution is 2.36. The molecule has 1 unspecified atom stereocenters. The van der Waals surface area contributed by atoms with Crippen LogP contribution in [0.4, 0.5) is 4.39 Å². The summed E-state index contributed by atoms with van der Waals surface area (Å²) < 4.78 is 19.8. The monoisotopic (exact) mass is 316 g/mol. The van der Waals surface area contributed by atoms with E-state index in [1.165, 1.54) is 6.07 Å². The molecule has 1 rings (SSSR count). The zero-order valence-corrected chi connectivity index (χ0v) is 12.7. The highest BCUT2D eigenvalue weighted by Gasteiger charge is 2.41. The number of esters is 1. The van der Waals surface area contributed by atoms with Crippen molar-refractivity contribution in [2.24, 2.45) is 5.92 Å². The van der Waals surface area contributed by atoms with Crippen molar-refractivity contribution in [3.63, 3.8) is 0 Å². The fourth-order valence-electron chi connectivity index (χ4n) is 1.85. The molecule has 0 amide bonds. The van der Waals surface area contributed by atoms with Crippen LogP contribution in [0.1, 0.15) is 33.3 Å². The predicted octanol–water partition coefficient (Wildman–Crippen LogP) is 4.07. The first-order chi connectivity index (χ1) is 8.33. The molecule has 0 spiro atoms. The summed E-state index contributed by atoms with van der Waals surface area (Å²) in [6.45, 7) is 7.54. The Hall–Kier alpha value is -0.900. The minimum Gasteiger partial charge on any atom is -0.465 e. The number of carbonyl (C=O) groups excluding carboxylic acids is 1. The molecule has 18 heavy (non-hydrogen) atoms. The van der Waals surface area contributed by atoms with Crippen LogP contribution in [-0.4, -0.2) is 12.6 Å². The van der Waals surface area contributed by atoms with Crippen LogP contribution in [0.3, 0.4) is 0 Å². The molecule has 0 N–H and O–H groups in total. The van der Waals surface area contributed by atoms with Crippen molar-refractivity contribution >= 4 is 21.9 Å². The lowest BCUT2D eigenvalue weighted by Gasteiger charge is -2.32. The van der Waals surface area contributed by atoms with E-state index in [0.29, 0.717) is 16.6 Å². The lowest BCUT2D eigenvalue weighted by molar-refractivity contribution is -0.151. The summed E-state index contributed by atoms with van der Waals surface area (Å²) in [4.78, 5) is 12.1. The predicted molar refractivity (Wildman–Crippen MR) is 72.9 cm³/mol. The van der Waals surface area contributed by atoms with Gasteiger partial charge < -0.3 is 4.74 Å². The Morgan fingerprint density at radius 3 is 2.56 bits per heavy atom. The van der Waals surface area contributed by atoms with Gasteiger partial charge in [-0.1, -0.05) is 35.8 Å². The van der Waals surface area contributed by atoms with Crippen molar-refractivity contribution in [2.45, 2.75) is 33.1 Å². The topological polar surface area (TPSA) is 26.3 Å². The molecule has 0 aromatic heterocycles. The van der Waals surface area contributed by atoms with E-state index in [4.69, 9.17) is 4.74 Å². The summed E-state index contributed by atoms with van der Waals surface area (Å²) in [5.41, 5.74) is -0.597. The zero-order chi connectivity index (χ0) is 13.9. The fourth-order valence-corrected chi connectivity index (χ4v) is 2.18. The minimum absolute atomic E-state index is 0.0628. The molecule has 0 aliphatic heterocycles. The second-order valence-corrected chi connectivity index (χ2v) is 5.62. The molecule has 0 bridgehead atoms. The molecule has 4 heteroatoms. The fraction of sp³-hybridized carbons (Fsp3) is 0.500. The Balaban J connectivity index is 3.31. The molecule has 0 heterocycles. The van der Waals surface area contributed by atoms with E-state index in [1.54, 1.807) is 26.0 Å². The maximum Gasteiger partial charge on any atom is 0.316 e. The number of hydrogen-bond acceptors (Lipinski definition) is 2. The number of benzene rings is 1. The van der Waals surface area contributed by atoms with Gasteiger partial charge in [-0.2, -0.15) is 0 Å². The molecule has 0 saturated heterocycles. The van der Waals surface area contributed by atoms with Gasteiger partial charge in [0.1, 0.15) is 5.82 Å². The first kappa shape index (κ1) is 15.2. The van der Waals surface area contributed by atoms with Gasteiger partial charge in [-0.3, -0.25) is 4.79 Å². The Kier molecular flexibility index (Phi) is 4.91. The molecule has 0 aliphatic carbocycles. The van der Waals surface area contributed by atoms with Crippen LogP contribution >= 0.6 is 15.9 Å². The molecule has 2 nitrogen and oxygen atoms in total. The Morgan fingerprint density at radius 2 is 2.11 bits per heavy atom. The van der Waals surface area contributed by atoms with Gasteiger partial charge in [-0.25, -0.2) is 4.39 Å². The second kappa shape index (κ2) is 5.83. The van der Waals surface area contributed by atoms with Crippen LogP contribution in [0, 0.1) is 11.7 Å². The van der Waals surface area contributed by atoms with Crippen molar-refractivity contribution < 1.29 is 13.9 Å². The molecule has 0 aliphatic rings. The van der Waals surface area contributed by atoms with Crippen molar-refractivity contribution in [1.82, 2.24) is 0 Å². The minimum atomic E-state index is -0.971. The summed E-state index contributed by atoms with van der Waals surface area (Å²) in [6, 6.07) is 4.74.